The van der Waals surface area contributed by atoms with Crippen LogP contribution in [0, 0.1) is 0 Å². The van der Waals surface area contributed by atoms with Crippen LogP contribution in [0.15, 0.2) is 52.1 Å². The van der Waals surface area contributed by atoms with Crippen molar-refractivity contribution in [2.75, 3.05) is 19.5 Å². The third kappa shape index (κ3) is 3.48. The number of para-hydroxylation sites is 1. The monoisotopic (exact) mass is 383 g/mol. The van der Waals surface area contributed by atoms with Gasteiger partial charge in [-0.05, 0) is 30.7 Å². The summed E-state index contributed by atoms with van der Waals surface area (Å²) in [5.74, 6) is 0.501. The lowest BCUT2D eigenvalue weighted by Crippen LogP contribution is -2.42. The van der Waals surface area contributed by atoms with Crippen LogP contribution in [0.1, 0.15) is 19.4 Å². The predicted molar refractivity (Wildman–Crippen MR) is 106 cm³/mol. The van der Waals surface area contributed by atoms with Crippen molar-refractivity contribution in [2.24, 2.45) is 0 Å². The lowest BCUT2D eigenvalue weighted by Gasteiger charge is -2.18. The molecule has 1 aromatic heterocycles. The lowest BCUT2D eigenvalue weighted by atomic mass is 10.1. The molecule has 1 heterocycles. The Kier molecular flexibility index (Phi) is 5.49. The van der Waals surface area contributed by atoms with Crippen LogP contribution < -0.4 is 26.0 Å². The van der Waals surface area contributed by atoms with Crippen LogP contribution in [0.2, 0.25) is 0 Å². The van der Waals surface area contributed by atoms with Crippen molar-refractivity contribution in [3.05, 3.63) is 63.3 Å². The molecular formula is C20H21N3O5. The van der Waals surface area contributed by atoms with Crippen LogP contribution in [0.25, 0.3) is 10.9 Å². The third-order valence-electron chi connectivity index (χ3n) is 4.49. The van der Waals surface area contributed by atoms with Gasteiger partial charge in [0.25, 0.3) is 5.56 Å². The summed E-state index contributed by atoms with van der Waals surface area (Å²) in [6.07, 6.45) is 0.264. The summed E-state index contributed by atoms with van der Waals surface area (Å²) < 4.78 is 11.4. The molecule has 0 saturated heterocycles. The first-order valence-electron chi connectivity index (χ1n) is 8.76. The Balaban J connectivity index is 1.98. The Labute approximate surface area is 160 Å². The van der Waals surface area contributed by atoms with Crippen molar-refractivity contribution in [1.82, 2.24) is 9.55 Å². The Morgan fingerprint density at radius 1 is 1.11 bits per heavy atom. The summed E-state index contributed by atoms with van der Waals surface area (Å²) >= 11 is 0. The van der Waals surface area contributed by atoms with E-state index in [1.807, 2.05) is 0 Å². The molecule has 3 rings (SSSR count). The summed E-state index contributed by atoms with van der Waals surface area (Å²) in [7, 11) is 3.01. The molecule has 0 aliphatic rings. The van der Waals surface area contributed by atoms with Gasteiger partial charge < -0.3 is 19.8 Å². The third-order valence-corrected chi connectivity index (χ3v) is 4.49. The lowest BCUT2D eigenvalue weighted by molar-refractivity contribution is -0.119. The van der Waals surface area contributed by atoms with Gasteiger partial charge in [0, 0.05) is 11.8 Å². The number of amides is 1. The van der Waals surface area contributed by atoms with Crippen LogP contribution >= 0.6 is 0 Å². The minimum atomic E-state index is -0.964. The number of carbonyl (C=O) groups excluding carboxylic acids is 1. The molecule has 0 spiro atoms. The fourth-order valence-corrected chi connectivity index (χ4v) is 3.08. The first-order chi connectivity index (χ1) is 13.5. The van der Waals surface area contributed by atoms with Gasteiger partial charge in [-0.3, -0.25) is 9.59 Å². The molecule has 2 aromatic carbocycles. The molecule has 1 unspecified atom stereocenters. The van der Waals surface area contributed by atoms with Crippen LogP contribution in [0.3, 0.4) is 0 Å². The second-order valence-electron chi connectivity index (χ2n) is 6.13. The highest BCUT2D eigenvalue weighted by atomic mass is 16.5. The number of ether oxygens (including phenoxy) is 2. The molecule has 0 aliphatic carbocycles. The number of H-pyrrole nitrogens is 1. The summed E-state index contributed by atoms with van der Waals surface area (Å²) in [6.45, 7) is 1.74. The van der Waals surface area contributed by atoms with E-state index in [0.29, 0.717) is 28.1 Å². The predicted octanol–water partition coefficient (Wildman–Crippen LogP) is 2.30. The van der Waals surface area contributed by atoms with Gasteiger partial charge >= 0.3 is 5.69 Å². The van der Waals surface area contributed by atoms with E-state index in [0.717, 1.165) is 4.57 Å². The molecule has 8 nitrogen and oxygen atoms in total. The molecule has 0 fully saturated rings. The number of methoxy groups -OCH3 is 2. The summed E-state index contributed by atoms with van der Waals surface area (Å²) in [5.41, 5.74) is -0.234. The number of anilines is 1. The Morgan fingerprint density at radius 2 is 1.82 bits per heavy atom. The molecule has 1 atom stereocenters. The number of fused-ring (bicyclic) bond motifs is 1. The van der Waals surface area contributed by atoms with Gasteiger partial charge in [0.05, 0.1) is 25.1 Å². The normalized spacial score (nSPS) is 11.8. The number of nitrogens with zero attached hydrogens (tertiary/aromatic N) is 1. The fraction of sp³-hybridized carbons (Fsp3) is 0.250. The van der Waals surface area contributed by atoms with Crippen molar-refractivity contribution in [3.8, 4) is 11.5 Å². The molecule has 2 N–H and O–H groups in total. The summed E-state index contributed by atoms with van der Waals surface area (Å²) in [6, 6.07) is 10.6. The summed E-state index contributed by atoms with van der Waals surface area (Å²) in [4.78, 5) is 40.8. The number of carbonyl (C=O) groups is 1. The minimum Gasteiger partial charge on any atom is -0.493 e. The van der Waals surface area contributed by atoms with Crippen molar-refractivity contribution in [2.45, 2.75) is 19.4 Å². The molecule has 8 heteroatoms. The average Bonchev–Trinajstić information content (AvgIpc) is 2.70. The molecule has 0 radical (unpaired) electrons. The van der Waals surface area contributed by atoms with Gasteiger partial charge in [0.1, 0.15) is 6.04 Å². The largest absolute Gasteiger partial charge is 0.493 e. The highest BCUT2D eigenvalue weighted by Crippen LogP contribution is 2.30. The highest BCUT2D eigenvalue weighted by molar-refractivity contribution is 5.94. The van der Waals surface area contributed by atoms with Crippen LogP contribution in [0.4, 0.5) is 5.69 Å². The Morgan fingerprint density at radius 3 is 2.50 bits per heavy atom. The van der Waals surface area contributed by atoms with Crippen LogP contribution in [-0.2, 0) is 4.79 Å². The smallest absolute Gasteiger partial charge is 0.329 e. The second kappa shape index (κ2) is 7.99. The van der Waals surface area contributed by atoms with Gasteiger partial charge in [-0.2, -0.15) is 0 Å². The minimum absolute atomic E-state index is 0.264. The number of hydrogen-bond donors (Lipinski definition) is 2. The fourth-order valence-electron chi connectivity index (χ4n) is 3.08. The molecule has 0 aliphatic heterocycles. The summed E-state index contributed by atoms with van der Waals surface area (Å²) in [5, 5.41) is 3.08. The number of rotatable bonds is 6. The number of benzene rings is 2. The first-order valence-corrected chi connectivity index (χ1v) is 8.76. The maximum absolute atomic E-state index is 12.8. The quantitative estimate of drug-likeness (QED) is 0.680. The highest BCUT2D eigenvalue weighted by Gasteiger charge is 2.23. The van der Waals surface area contributed by atoms with Crippen molar-refractivity contribution >= 4 is 22.5 Å². The van der Waals surface area contributed by atoms with Crippen molar-refractivity contribution in [1.29, 1.82) is 0 Å². The van der Waals surface area contributed by atoms with E-state index >= 15 is 0 Å². The molecule has 1 amide bonds. The van der Waals surface area contributed by atoms with E-state index in [1.165, 1.54) is 14.2 Å². The zero-order chi connectivity index (χ0) is 20.3. The zero-order valence-corrected chi connectivity index (χ0v) is 15.8. The van der Waals surface area contributed by atoms with Crippen LogP contribution in [0.5, 0.6) is 11.5 Å². The van der Waals surface area contributed by atoms with Gasteiger partial charge in [-0.1, -0.05) is 19.1 Å². The number of nitrogens with one attached hydrogen (secondary N) is 2. The number of hydrogen-bond acceptors (Lipinski definition) is 5. The zero-order valence-electron chi connectivity index (χ0n) is 15.8. The first kappa shape index (κ1) is 19.2. The number of aromatic nitrogens is 2. The molecule has 146 valence electrons. The van der Waals surface area contributed by atoms with E-state index in [4.69, 9.17) is 9.47 Å². The Hall–Kier alpha value is -3.55. The van der Waals surface area contributed by atoms with E-state index in [9.17, 15) is 14.4 Å². The molecule has 0 bridgehead atoms. The van der Waals surface area contributed by atoms with Gasteiger partial charge in [0.15, 0.2) is 11.5 Å². The van der Waals surface area contributed by atoms with Gasteiger partial charge in [-0.25, -0.2) is 9.36 Å². The van der Waals surface area contributed by atoms with E-state index in [1.54, 1.807) is 49.4 Å². The van der Waals surface area contributed by atoms with Crippen molar-refractivity contribution in [3.63, 3.8) is 0 Å². The van der Waals surface area contributed by atoms with Gasteiger partial charge in [-0.15, -0.1) is 0 Å². The Bertz CT molecular complexity index is 1130. The maximum atomic E-state index is 12.8. The molecule has 3 aromatic rings. The van der Waals surface area contributed by atoms with E-state index in [2.05, 4.69) is 10.3 Å². The maximum Gasteiger partial charge on any atom is 0.329 e. The van der Waals surface area contributed by atoms with Crippen molar-refractivity contribution < 1.29 is 14.3 Å². The molecule has 0 saturated carbocycles. The topological polar surface area (TPSA) is 102 Å². The molecular weight excluding hydrogens is 362 g/mol. The SMILES string of the molecule is CCC(C(=O)Nc1ccc(OC)c(OC)c1)n1c(=O)[nH]c2ccccc2c1=O. The van der Waals surface area contributed by atoms with Crippen LogP contribution in [-0.4, -0.2) is 29.7 Å². The standard InChI is InChI=1S/C20H21N3O5/c1-4-15(18(24)21-12-9-10-16(27-2)17(11-12)28-3)23-19(25)13-7-5-6-8-14(13)22-20(23)26/h5-11,15H,4H2,1-3H3,(H,21,24)(H,22,26). The number of aromatic amines is 1. The second-order valence-corrected chi connectivity index (χ2v) is 6.13. The van der Waals surface area contributed by atoms with Gasteiger partial charge in [0.2, 0.25) is 5.91 Å². The van der Waals surface area contributed by atoms with E-state index in [-0.39, 0.29) is 6.42 Å². The average molecular weight is 383 g/mol. The molecule has 28 heavy (non-hydrogen) atoms. The van der Waals surface area contributed by atoms with E-state index < -0.39 is 23.2 Å².